The number of imide groups is 1. The Morgan fingerprint density at radius 1 is 1.05 bits per heavy atom. The number of benzene rings is 3. The second-order valence-corrected chi connectivity index (χ2v) is 10.9. The zero-order valence-corrected chi connectivity index (χ0v) is 24.7. The maximum absolute atomic E-state index is 13.2. The summed E-state index contributed by atoms with van der Waals surface area (Å²) < 4.78 is 6.18. The van der Waals surface area contributed by atoms with Gasteiger partial charge in [0.2, 0.25) is 5.91 Å². The number of para-hydroxylation sites is 1. The van der Waals surface area contributed by atoms with Gasteiger partial charge < -0.3 is 15.0 Å². The molecule has 3 aromatic rings. The summed E-state index contributed by atoms with van der Waals surface area (Å²) in [6, 6.07) is 18.2. The lowest BCUT2D eigenvalue weighted by Gasteiger charge is -2.22. The fourth-order valence-electron chi connectivity index (χ4n) is 4.17. The van der Waals surface area contributed by atoms with Crippen molar-refractivity contribution in [2.45, 2.75) is 27.4 Å². The number of amides is 3. The summed E-state index contributed by atoms with van der Waals surface area (Å²) in [6.07, 6.45) is 1.62. The number of halogens is 2. The van der Waals surface area contributed by atoms with Gasteiger partial charge in [0.15, 0.2) is 0 Å². The van der Waals surface area contributed by atoms with Gasteiger partial charge in [0, 0.05) is 51.7 Å². The Bertz CT molecular complexity index is 1470. The first kappa shape index (κ1) is 29.5. The van der Waals surface area contributed by atoms with Gasteiger partial charge in [-0.15, -0.1) is 0 Å². The van der Waals surface area contributed by atoms with E-state index >= 15 is 0 Å². The van der Waals surface area contributed by atoms with Crippen molar-refractivity contribution in [1.82, 2.24) is 4.90 Å². The molecule has 3 amide bonds. The van der Waals surface area contributed by atoms with Gasteiger partial charge in [0.1, 0.15) is 18.9 Å². The van der Waals surface area contributed by atoms with Crippen LogP contribution < -0.4 is 15.0 Å². The van der Waals surface area contributed by atoms with Gasteiger partial charge in [-0.25, -0.2) is 0 Å². The van der Waals surface area contributed by atoms with E-state index in [-0.39, 0.29) is 18.1 Å². The van der Waals surface area contributed by atoms with Crippen LogP contribution in [0, 0.1) is 6.92 Å². The summed E-state index contributed by atoms with van der Waals surface area (Å²) in [6.45, 7) is 7.41. The van der Waals surface area contributed by atoms with Crippen molar-refractivity contribution in [2.75, 3.05) is 29.9 Å². The second-order valence-electron chi connectivity index (χ2n) is 9.05. The van der Waals surface area contributed by atoms with Crippen LogP contribution in [0.15, 0.2) is 65.6 Å². The van der Waals surface area contributed by atoms with Crippen LogP contribution in [0.5, 0.6) is 5.75 Å². The molecule has 1 aliphatic rings. The largest absolute Gasteiger partial charge is 0.488 e. The molecule has 1 heterocycles. The van der Waals surface area contributed by atoms with E-state index in [0.717, 1.165) is 46.6 Å². The van der Waals surface area contributed by atoms with Crippen LogP contribution >= 0.6 is 35.0 Å². The van der Waals surface area contributed by atoms with Crippen LogP contribution in [0.25, 0.3) is 6.08 Å². The normalized spacial score (nSPS) is 14.1. The molecule has 3 aromatic carbocycles. The molecular weight excluding hydrogens is 569 g/mol. The number of rotatable bonds is 10. The van der Waals surface area contributed by atoms with Gasteiger partial charge in [-0.1, -0.05) is 47.5 Å². The number of anilines is 2. The molecule has 0 unspecified atom stereocenters. The number of hydrogen-bond donors (Lipinski definition) is 1. The van der Waals surface area contributed by atoms with Gasteiger partial charge >= 0.3 is 0 Å². The van der Waals surface area contributed by atoms with Gasteiger partial charge in [-0.2, -0.15) is 0 Å². The highest BCUT2D eigenvalue weighted by molar-refractivity contribution is 8.18. The molecule has 0 bridgehead atoms. The van der Waals surface area contributed by atoms with E-state index in [1.807, 2.05) is 37.3 Å². The average Bonchev–Trinajstić information content (AvgIpc) is 3.18. The molecule has 4 rings (SSSR count). The van der Waals surface area contributed by atoms with E-state index in [2.05, 4.69) is 24.1 Å². The minimum Gasteiger partial charge on any atom is -0.488 e. The predicted molar refractivity (Wildman–Crippen MR) is 163 cm³/mol. The number of aryl methyl sites for hydroxylation is 1. The van der Waals surface area contributed by atoms with Crippen molar-refractivity contribution in [3.63, 3.8) is 0 Å². The molecule has 1 N–H and O–H groups in total. The van der Waals surface area contributed by atoms with E-state index in [9.17, 15) is 14.4 Å². The van der Waals surface area contributed by atoms with E-state index in [4.69, 9.17) is 27.9 Å². The van der Waals surface area contributed by atoms with Gasteiger partial charge in [-0.05, 0) is 74.5 Å². The molecule has 0 aliphatic carbocycles. The molecule has 0 saturated carbocycles. The van der Waals surface area contributed by atoms with E-state index in [1.54, 1.807) is 36.4 Å². The third-order valence-electron chi connectivity index (χ3n) is 6.41. The summed E-state index contributed by atoms with van der Waals surface area (Å²) in [7, 11) is 0. The number of carbonyl (C=O) groups is 3. The number of ether oxygens (including phenoxy) is 1. The van der Waals surface area contributed by atoms with Crippen molar-refractivity contribution >= 4 is 69.5 Å². The monoisotopic (exact) mass is 597 g/mol. The fourth-order valence-corrected chi connectivity index (χ4v) is 5.46. The topological polar surface area (TPSA) is 79.0 Å². The Morgan fingerprint density at radius 2 is 1.80 bits per heavy atom. The first-order valence-corrected chi connectivity index (χ1v) is 14.3. The third kappa shape index (κ3) is 6.99. The van der Waals surface area contributed by atoms with E-state index in [0.29, 0.717) is 27.0 Å². The molecule has 0 atom stereocenters. The molecule has 7 nitrogen and oxygen atoms in total. The number of thioether (sulfide) groups is 1. The maximum atomic E-state index is 13.2. The summed E-state index contributed by atoms with van der Waals surface area (Å²) in [5.74, 6) is -0.459. The average molecular weight is 599 g/mol. The van der Waals surface area contributed by atoms with E-state index < -0.39 is 17.1 Å². The lowest BCUT2D eigenvalue weighted by Crippen LogP contribution is -2.36. The Morgan fingerprint density at radius 3 is 2.50 bits per heavy atom. The molecule has 10 heteroatoms. The molecule has 1 fully saturated rings. The van der Waals surface area contributed by atoms with Crippen LogP contribution in [0.3, 0.4) is 0 Å². The quantitative estimate of drug-likeness (QED) is 0.245. The van der Waals surface area contributed by atoms with Crippen molar-refractivity contribution in [3.05, 3.63) is 92.3 Å². The lowest BCUT2D eigenvalue weighted by molar-refractivity contribution is -0.127. The number of hydrogen-bond acceptors (Lipinski definition) is 6. The standard InChI is InChI=1S/C30H29Cl2N3O4S/c1-4-34(5-2)23-13-11-20(26(16-23)39-18-21-10-12-22(31)15-24(21)32)14-27-29(37)35(30(38)40-27)17-28(36)33-25-9-7-6-8-19(25)3/h6-16H,4-5,17-18H2,1-3H3,(H,33,36)/b27-14+. The summed E-state index contributed by atoms with van der Waals surface area (Å²) >= 11 is 13.2. The summed E-state index contributed by atoms with van der Waals surface area (Å²) in [5, 5.41) is 3.27. The molecule has 0 radical (unpaired) electrons. The number of nitrogens with zero attached hydrogens (tertiary/aromatic N) is 2. The smallest absolute Gasteiger partial charge is 0.294 e. The van der Waals surface area contributed by atoms with Crippen molar-refractivity contribution in [1.29, 1.82) is 0 Å². The zero-order valence-electron chi connectivity index (χ0n) is 22.4. The SMILES string of the molecule is CCN(CC)c1ccc(/C=C2/SC(=O)N(CC(=O)Nc3ccccc3C)C2=O)c(OCc2ccc(Cl)cc2Cl)c1. The fraction of sp³-hybridized carbons (Fsp3) is 0.233. The lowest BCUT2D eigenvalue weighted by atomic mass is 10.1. The zero-order chi connectivity index (χ0) is 28.8. The molecule has 1 saturated heterocycles. The van der Waals surface area contributed by atoms with Gasteiger partial charge in [-0.3, -0.25) is 19.3 Å². The van der Waals surface area contributed by atoms with E-state index in [1.165, 1.54) is 0 Å². The minimum absolute atomic E-state index is 0.180. The molecule has 208 valence electrons. The third-order valence-corrected chi connectivity index (χ3v) is 7.90. The minimum atomic E-state index is -0.533. The number of nitrogens with one attached hydrogen (secondary N) is 1. The predicted octanol–water partition coefficient (Wildman–Crippen LogP) is 7.40. The molecule has 1 aliphatic heterocycles. The molecule has 0 spiro atoms. The molecule has 0 aromatic heterocycles. The summed E-state index contributed by atoms with van der Waals surface area (Å²) in [5.41, 5.74) is 3.85. The number of carbonyl (C=O) groups excluding carboxylic acids is 3. The van der Waals surface area contributed by atoms with Crippen molar-refractivity contribution < 1.29 is 19.1 Å². The van der Waals surface area contributed by atoms with Crippen LogP contribution in [0.4, 0.5) is 16.2 Å². The summed E-state index contributed by atoms with van der Waals surface area (Å²) in [4.78, 5) is 41.8. The highest BCUT2D eigenvalue weighted by Gasteiger charge is 2.36. The highest BCUT2D eigenvalue weighted by Crippen LogP contribution is 2.36. The van der Waals surface area contributed by atoms with Crippen LogP contribution in [-0.4, -0.2) is 41.6 Å². The van der Waals surface area contributed by atoms with Crippen molar-refractivity contribution in [3.8, 4) is 5.75 Å². The highest BCUT2D eigenvalue weighted by atomic mass is 35.5. The van der Waals surface area contributed by atoms with Crippen molar-refractivity contribution in [2.24, 2.45) is 0 Å². The molecular formula is C30H29Cl2N3O4S. The van der Waals surface area contributed by atoms with Crippen LogP contribution in [0.1, 0.15) is 30.5 Å². The first-order chi connectivity index (χ1) is 19.2. The Hall–Kier alpha value is -3.46. The Labute approximate surface area is 248 Å². The first-order valence-electron chi connectivity index (χ1n) is 12.8. The Kier molecular flexibility index (Phi) is 9.79. The van der Waals surface area contributed by atoms with Crippen LogP contribution in [-0.2, 0) is 16.2 Å². The Balaban J connectivity index is 1.57. The maximum Gasteiger partial charge on any atom is 0.294 e. The van der Waals surface area contributed by atoms with Crippen LogP contribution in [0.2, 0.25) is 10.0 Å². The second kappa shape index (κ2) is 13.3. The molecule has 40 heavy (non-hydrogen) atoms. The van der Waals surface area contributed by atoms with Gasteiger partial charge in [0.25, 0.3) is 11.1 Å². The van der Waals surface area contributed by atoms with Gasteiger partial charge in [0.05, 0.1) is 4.91 Å².